The fraction of sp³-hybridized carbons (Fsp3) is 0.650. The monoisotopic (exact) mass is 399 g/mol. The smallest absolute Gasteiger partial charge is 0.252 e. The number of hydrogen-bond acceptors (Lipinski definition) is 6. The van der Waals surface area contributed by atoms with E-state index in [9.17, 15) is 9.59 Å². The highest BCUT2D eigenvalue weighted by molar-refractivity contribution is 5.82. The third-order valence-electron chi connectivity index (χ3n) is 5.78. The number of aryl methyl sites for hydroxylation is 2. The van der Waals surface area contributed by atoms with E-state index in [2.05, 4.69) is 25.7 Å². The highest BCUT2D eigenvalue weighted by Gasteiger charge is 2.27. The summed E-state index contributed by atoms with van der Waals surface area (Å²) >= 11 is 0. The van der Waals surface area contributed by atoms with Gasteiger partial charge in [0.15, 0.2) is 5.82 Å². The number of amides is 2. The van der Waals surface area contributed by atoms with Crippen molar-refractivity contribution in [2.45, 2.75) is 52.0 Å². The molecule has 4 heterocycles. The Bertz CT molecular complexity index is 904. The average molecular weight is 399 g/mol. The number of fused-ring (bicyclic) bond motifs is 1. The summed E-state index contributed by atoms with van der Waals surface area (Å²) in [5.74, 6) is 1.43. The molecule has 2 aromatic rings. The van der Waals surface area contributed by atoms with Crippen molar-refractivity contribution in [2.24, 2.45) is 5.92 Å². The lowest BCUT2D eigenvalue weighted by Crippen LogP contribution is -2.47. The Labute approximate surface area is 170 Å². The van der Waals surface area contributed by atoms with Crippen molar-refractivity contribution < 1.29 is 9.59 Å². The van der Waals surface area contributed by atoms with Gasteiger partial charge in [0.2, 0.25) is 11.8 Å². The number of nitrogens with one attached hydrogen (secondary N) is 2. The van der Waals surface area contributed by atoms with E-state index >= 15 is 0 Å². The minimum atomic E-state index is -0.0573. The van der Waals surface area contributed by atoms with Gasteiger partial charge in [-0.15, -0.1) is 5.10 Å². The minimum absolute atomic E-state index is 0.0313. The highest BCUT2D eigenvalue weighted by Crippen LogP contribution is 2.17. The van der Waals surface area contributed by atoms with Crippen LogP contribution < -0.4 is 10.6 Å². The standard InChI is InChI=1S/C20H29N7O2/c1-13-9-14(2)27-20(23-13)24-17(25-27)10-18(28)26-8-4-5-15(12-26)11-22-19(29)16-6-3-7-21-16/h9,15-16,21H,3-8,10-12H2,1-2H3,(H,22,29). The molecule has 2 fully saturated rings. The number of nitrogens with zero attached hydrogens (tertiary/aromatic N) is 5. The third kappa shape index (κ3) is 4.55. The fourth-order valence-corrected chi connectivity index (χ4v) is 4.26. The van der Waals surface area contributed by atoms with E-state index in [0.717, 1.165) is 50.2 Å². The van der Waals surface area contributed by atoms with Crippen LogP contribution in [0, 0.1) is 19.8 Å². The van der Waals surface area contributed by atoms with Gasteiger partial charge in [-0.3, -0.25) is 9.59 Å². The number of carbonyl (C=O) groups is 2. The molecule has 0 aliphatic carbocycles. The Hall–Kier alpha value is -2.55. The van der Waals surface area contributed by atoms with Crippen LogP contribution in [0.1, 0.15) is 42.9 Å². The molecule has 2 N–H and O–H groups in total. The molecule has 2 saturated heterocycles. The van der Waals surface area contributed by atoms with Crippen LogP contribution in [0.5, 0.6) is 0 Å². The fourth-order valence-electron chi connectivity index (χ4n) is 4.26. The number of likely N-dealkylation sites (tertiary alicyclic amines) is 1. The maximum absolute atomic E-state index is 12.8. The molecule has 2 amide bonds. The second kappa shape index (κ2) is 8.44. The summed E-state index contributed by atoms with van der Waals surface area (Å²) in [6, 6.07) is 1.89. The summed E-state index contributed by atoms with van der Waals surface area (Å²) < 4.78 is 1.68. The van der Waals surface area contributed by atoms with Gasteiger partial charge < -0.3 is 15.5 Å². The van der Waals surface area contributed by atoms with Gasteiger partial charge in [-0.2, -0.15) is 4.98 Å². The molecule has 2 aliphatic rings. The number of aromatic nitrogens is 4. The zero-order valence-corrected chi connectivity index (χ0v) is 17.1. The predicted octanol–water partition coefficient (Wildman–Crippen LogP) is 0.390. The van der Waals surface area contributed by atoms with E-state index in [1.54, 1.807) is 4.52 Å². The molecule has 2 aromatic heterocycles. The minimum Gasteiger partial charge on any atom is -0.354 e. The number of piperidine rings is 1. The topological polar surface area (TPSA) is 105 Å². The Balaban J connectivity index is 1.32. The Morgan fingerprint density at radius 1 is 1.24 bits per heavy atom. The van der Waals surface area contributed by atoms with Crippen molar-refractivity contribution in [3.63, 3.8) is 0 Å². The van der Waals surface area contributed by atoms with Crippen molar-refractivity contribution in [2.75, 3.05) is 26.2 Å². The molecule has 2 atom stereocenters. The molecule has 0 spiro atoms. The van der Waals surface area contributed by atoms with Crippen LogP contribution in [0.15, 0.2) is 6.07 Å². The number of hydrogen-bond donors (Lipinski definition) is 2. The lowest BCUT2D eigenvalue weighted by molar-refractivity contribution is -0.132. The Morgan fingerprint density at radius 2 is 2.10 bits per heavy atom. The summed E-state index contributed by atoms with van der Waals surface area (Å²) in [4.78, 5) is 35.7. The number of carbonyl (C=O) groups excluding carboxylic acids is 2. The first kappa shape index (κ1) is 19.8. The Morgan fingerprint density at radius 3 is 2.90 bits per heavy atom. The van der Waals surface area contributed by atoms with Crippen molar-refractivity contribution >= 4 is 17.6 Å². The normalized spacial score (nSPS) is 22.2. The molecular weight excluding hydrogens is 370 g/mol. The van der Waals surface area contributed by atoms with Crippen LogP contribution in [0.3, 0.4) is 0 Å². The zero-order chi connectivity index (χ0) is 20.4. The van der Waals surface area contributed by atoms with Gasteiger partial charge >= 0.3 is 0 Å². The quantitative estimate of drug-likeness (QED) is 0.754. The lowest BCUT2D eigenvalue weighted by atomic mass is 9.97. The maximum Gasteiger partial charge on any atom is 0.252 e. The van der Waals surface area contributed by atoms with Crippen LogP contribution in [0.25, 0.3) is 5.78 Å². The van der Waals surface area contributed by atoms with Crippen molar-refractivity contribution in [1.29, 1.82) is 0 Å². The molecule has 0 radical (unpaired) electrons. The van der Waals surface area contributed by atoms with Crippen LogP contribution in [0.4, 0.5) is 0 Å². The molecule has 2 aliphatic heterocycles. The van der Waals surface area contributed by atoms with Crippen molar-refractivity contribution in [3.8, 4) is 0 Å². The van der Waals surface area contributed by atoms with Gasteiger partial charge in [0.05, 0.1) is 12.5 Å². The van der Waals surface area contributed by atoms with Crippen LogP contribution in [-0.2, 0) is 16.0 Å². The van der Waals surface area contributed by atoms with Crippen molar-refractivity contribution in [3.05, 3.63) is 23.3 Å². The first-order valence-corrected chi connectivity index (χ1v) is 10.5. The SMILES string of the molecule is Cc1cc(C)n2nc(CC(=O)N3CCCC(CNC(=O)C4CCCN4)C3)nc2n1. The Kier molecular flexibility index (Phi) is 5.75. The van der Waals surface area contributed by atoms with Crippen LogP contribution >= 0.6 is 0 Å². The molecule has 29 heavy (non-hydrogen) atoms. The largest absolute Gasteiger partial charge is 0.354 e. The first-order valence-electron chi connectivity index (χ1n) is 10.5. The van der Waals surface area contributed by atoms with E-state index in [1.165, 1.54) is 0 Å². The molecule has 9 heteroatoms. The van der Waals surface area contributed by atoms with E-state index in [-0.39, 0.29) is 24.3 Å². The van der Waals surface area contributed by atoms with Crippen LogP contribution in [0.2, 0.25) is 0 Å². The van der Waals surface area contributed by atoms with Crippen LogP contribution in [-0.4, -0.2) is 68.5 Å². The van der Waals surface area contributed by atoms with Gasteiger partial charge in [0, 0.05) is 31.0 Å². The predicted molar refractivity (Wildman–Crippen MR) is 107 cm³/mol. The molecule has 4 rings (SSSR count). The molecule has 0 aromatic carbocycles. The van der Waals surface area contributed by atoms with E-state index in [0.29, 0.717) is 30.6 Å². The number of rotatable bonds is 5. The summed E-state index contributed by atoms with van der Waals surface area (Å²) in [5, 5.41) is 10.7. The first-order chi connectivity index (χ1) is 14.0. The summed E-state index contributed by atoms with van der Waals surface area (Å²) in [7, 11) is 0. The van der Waals surface area contributed by atoms with Gasteiger partial charge in [0.1, 0.15) is 0 Å². The van der Waals surface area contributed by atoms with E-state index < -0.39 is 0 Å². The maximum atomic E-state index is 12.8. The van der Waals surface area contributed by atoms with E-state index in [1.807, 2.05) is 24.8 Å². The van der Waals surface area contributed by atoms with Gasteiger partial charge in [-0.1, -0.05) is 0 Å². The average Bonchev–Trinajstić information content (AvgIpc) is 3.36. The molecule has 0 bridgehead atoms. The molecule has 0 saturated carbocycles. The molecule has 156 valence electrons. The lowest BCUT2D eigenvalue weighted by Gasteiger charge is -2.33. The molecule has 2 unspecified atom stereocenters. The summed E-state index contributed by atoms with van der Waals surface area (Å²) in [6.07, 6.45) is 4.10. The summed E-state index contributed by atoms with van der Waals surface area (Å²) in [6.45, 7) is 6.82. The highest BCUT2D eigenvalue weighted by atomic mass is 16.2. The second-order valence-corrected chi connectivity index (χ2v) is 8.20. The molecule has 9 nitrogen and oxygen atoms in total. The van der Waals surface area contributed by atoms with Gasteiger partial charge in [0.25, 0.3) is 5.78 Å². The second-order valence-electron chi connectivity index (χ2n) is 8.20. The summed E-state index contributed by atoms with van der Waals surface area (Å²) in [5.41, 5.74) is 1.83. The zero-order valence-electron chi connectivity index (χ0n) is 17.1. The van der Waals surface area contributed by atoms with Crippen molar-refractivity contribution in [1.82, 2.24) is 35.1 Å². The molecular formula is C20H29N7O2. The third-order valence-corrected chi connectivity index (χ3v) is 5.78. The van der Waals surface area contributed by atoms with Gasteiger partial charge in [-0.25, -0.2) is 9.50 Å². The van der Waals surface area contributed by atoms with E-state index in [4.69, 9.17) is 0 Å². The van der Waals surface area contributed by atoms with Gasteiger partial charge in [-0.05, 0) is 58.1 Å².